The molecular weight excluding hydrogens is 1040 g/mol. The molecule has 15 aliphatic rings. The molecule has 15 aliphatic heterocycles. The predicted molar refractivity (Wildman–Crippen MR) is 267 cm³/mol. The van der Waals surface area contributed by atoms with Crippen LogP contribution in [0.25, 0.3) is 0 Å². The SMILES string of the molecule is C=C1C[C@@H]2CC[C@]34OC5[C@@H]6O[C@H]7CC[C@H](CC(=O)O[C@@H]8CC9OC%10C[C@H](C[C@@H]%11O[C@@]%12(CC[C@@H]%11O)C[C@H](N)[C@@H]%11O[C@H]([C@@H](O)C[C@@H](O)CO)C[C@@H]%11O%12)O[C@@H]%10C[C@@H]9O[C@H]8C[C@H]8O[C@@H](CC[C@@H]1O2)C[C@@H](N)C8=C)O[C@@H]7[C@H](O3)[C@@H]6OC5(O)[C@H]4O. The number of fused-ring (bicyclic) bond motifs is 9. The van der Waals surface area contributed by atoms with Crippen LogP contribution in [0.3, 0.4) is 0 Å². The van der Waals surface area contributed by atoms with Crippen molar-refractivity contribution in [1.29, 1.82) is 0 Å². The van der Waals surface area contributed by atoms with Crippen LogP contribution in [-0.2, 0) is 71.1 Å². The molecule has 79 heavy (non-hydrogen) atoms. The quantitative estimate of drug-likeness (QED) is 0.126. The summed E-state index contributed by atoms with van der Waals surface area (Å²) in [4.78, 5) is 14.4. The van der Waals surface area contributed by atoms with E-state index in [1.54, 1.807) is 0 Å². The number of hydrogen-bond donors (Lipinski definition) is 8. The fourth-order valence-electron chi connectivity index (χ4n) is 16.5. The average molecular weight is 1120 g/mol. The minimum absolute atomic E-state index is 0.0416. The van der Waals surface area contributed by atoms with E-state index in [0.29, 0.717) is 103 Å². The van der Waals surface area contributed by atoms with Gasteiger partial charge in [-0.2, -0.15) is 0 Å². The highest BCUT2D eigenvalue weighted by Gasteiger charge is 2.79. The second kappa shape index (κ2) is 21.0. The van der Waals surface area contributed by atoms with Crippen LogP contribution in [0.15, 0.2) is 24.3 Å². The van der Waals surface area contributed by atoms with Crippen LogP contribution in [0, 0.1) is 0 Å². The summed E-state index contributed by atoms with van der Waals surface area (Å²) in [6.45, 7) is 8.33. The number of carbonyl (C=O) groups excluding carboxylic acids is 1. The number of nitrogens with two attached hydrogens (primary N) is 2. The van der Waals surface area contributed by atoms with Crippen molar-refractivity contribution in [3.63, 3.8) is 0 Å². The molecule has 31 atom stereocenters. The van der Waals surface area contributed by atoms with Crippen molar-refractivity contribution >= 4 is 5.97 Å². The third-order valence-electron chi connectivity index (χ3n) is 20.5. The van der Waals surface area contributed by atoms with Crippen LogP contribution in [0.1, 0.15) is 122 Å². The smallest absolute Gasteiger partial charge is 0.308 e. The highest BCUT2D eigenvalue weighted by Crippen LogP contribution is 2.58. The molecule has 15 saturated heterocycles. The Morgan fingerprint density at radius 3 is 2.18 bits per heavy atom. The van der Waals surface area contributed by atoms with Crippen LogP contribution < -0.4 is 11.5 Å². The van der Waals surface area contributed by atoms with Crippen LogP contribution in [0.5, 0.6) is 0 Å². The second-order valence-corrected chi connectivity index (χ2v) is 25.8. The minimum Gasteiger partial charge on any atom is -0.459 e. The molecule has 0 saturated carbocycles. The molecule has 0 aromatic carbocycles. The van der Waals surface area contributed by atoms with Crippen molar-refractivity contribution < 1.29 is 102 Å². The van der Waals surface area contributed by atoms with Crippen LogP contribution in [0.4, 0.5) is 0 Å². The summed E-state index contributed by atoms with van der Waals surface area (Å²) in [5.74, 6) is -5.20. The van der Waals surface area contributed by atoms with Crippen molar-refractivity contribution in [2.75, 3.05) is 6.61 Å². The topological polar surface area (TPSA) is 320 Å². The van der Waals surface area contributed by atoms with Gasteiger partial charge in [0.15, 0.2) is 11.9 Å². The first-order chi connectivity index (χ1) is 37.9. The lowest BCUT2D eigenvalue weighted by Gasteiger charge is -2.50. The molecule has 15 fully saturated rings. The van der Waals surface area contributed by atoms with E-state index in [1.807, 2.05) is 0 Å². The third kappa shape index (κ3) is 9.84. The van der Waals surface area contributed by atoms with Gasteiger partial charge in [-0.3, -0.25) is 4.79 Å². The van der Waals surface area contributed by atoms with Gasteiger partial charge < -0.3 is 108 Å². The lowest BCUT2D eigenvalue weighted by atomic mass is 9.85. The van der Waals surface area contributed by atoms with E-state index in [1.165, 1.54) is 0 Å². The Bertz CT molecular complexity index is 2300. The molecule has 4 unspecified atom stereocenters. The van der Waals surface area contributed by atoms with Gasteiger partial charge in [-0.15, -0.1) is 0 Å². The second-order valence-electron chi connectivity index (χ2n) is 25.8. The molecule has 10 N–H and O–H groups in total. The van der Waals surface area contributed by atoms with E-state index in [2.05, 4.69) is 13.2 Å². The number of esters is 1. The Labute approximate surface area is 459 Å². The molecule has 0 aromatic rings. The van der Waals surface area contributed by atoms with Crippen molar-refractivity contribution in [1.82, 2.24) is 0 Å². The van der Waals surface area contributed by atoms with E-state index >= 15 is 0 Å². The average Bonchev–Trinajstić information content (AvgIpc) is 3.69. The molecule has 0 radical (unpaired) electrons. The summed E-state index contributed by atoms with van der Waals surface area (Å²) in [5.41, 5.74) is 15.2. The summed E-state index contributed by atoms with van der Waals surface area (Å²) in [7, 11) is 0. The van der Waals surface area contributed by atoms with E-state index in [0.717, 1.165) is 11.1 Å². The van der Waals surface area contributed by atoms with E-state index in [-0.39, 0.29) is 61.9 Å². The molecule has 12 bridgehead atoms. The van der Waals surface area contributed by atoms with Gasteiger partial charge in [0.25, 0.3) is 0 Å². The number of hydrogen-bond acceptors (Lipinski definition) is 23. The Hall–Kier alpha value is -1.89. The Balaban J connectivity index is 0.667. The third-order valence-corrected chi connectivity index (χ3v) is 20.5. The number of aliphatic hydroxyl groups excluding tert-OH is 5. The monoisotopic (exact) mass is 1120 g/mol. The van der Waals surface area contributed by atoms with Crippen LogP contribution in [0.2, 0.25) is 0 Å². The zero-order valence-corrected chi connectivity index (χ0v) is 44.7. The summed E-state index contributed by atoms with van der Waals surface area (Å²) in [6, 6.07) is -0.798. The highest BCUT2D eigenvalue weighted by molar-refractivity contribution is 5.70. The number of carbonyl (C=O) groups is 1. The minimum atomic E-state index is -2.05. The highest BCUT2D eigenvalue weighted by atomic mass is 16.8. The van der Waals surface area contributed by atoms with Crippen molar-refractivity contribution in [2.45, 2.75) is 310 Å². The Kier molecular flexibility index (Phi) is 14.6. The number of ether oxygens (including phenoxy) is 14. The normalized spacial score (nSPS) is 55.7. The van der Waals surface area contributed by atoms with Gasteiger partial charge in [-0.1, -0.05) is 13.2 Å². The van der Waals surface area contributed by atoms with Gasteiger partial charge in [0.2, 0.25) is 11.6 Å². The summed E-state index contributed by atoms with van der Waals surface area (Å²) >= 11 is 0. The molecule has 23 heteroatoms. The lowest BCUT2D eigenvalue weighted by molar-refractivity contribution is -0.341. The number of aliphatic hydroxyl groups is 6. The first-order valence-electron chi connectivity index (χ1n) is 29.7. The molecule has 0 aromatic heterocycles. The maximum atomic E-state index is 14.4. The van der Waals surface area contributed by atoms with E-state index in [4.69, 9.17) is 77.8 Å². The predicted octanol–water partition coefficient (Wildman–Crippen LogP) is -0.259. The van der Waals surface area contributed by atoms with Gasteiger partial charge in [-0.05, 0) is 62.5 Å². The largest absolute Gasteiger partial charge is 0.459 e. The van der Waals surface area contributed by atoms with Crippen molar-refractivity contribution in [3.05, 3.63) is 24.3 Å². The molecule has 15 heterocycles. The molecule has 2 spiro atoms. The molecule has 442 valence electrons. The maximum absolute atomic E-state index is 14.4. The standard InChI is InChI=1S/C56H82N2O21/c1-23-11-28-7-10-55-53(64)56(65)52(79-55)51-50(78-56)49(77-55)48-35(73-51)6-4-27(69-48)16-46(63)72-44-20-43-42(71-41(44)17-36-24(2)30(57)13-26(67-36)3-5-34(23)66-28)19-40-39(70-43)15-29(68-40)14-38-32(61)8-9-54(75-38)21-31(58)47-45(76-54)18-37(74-47)33(62)12-25(60)22-59/h25-45,47-53,59-62,64-65H,1-22,57-58H2/t25-,26+,27-,28+,29+,30-,31+,32+,33+,34+,35+,36-,37+,38+,39?,40-,41+,42+,43?,44-,45+,47+,48+,49+,50+,51-,52?,53+,54-,55-,56?/m1/s1. The first-order valence-corrected chi connectivity index (χ1v) is 29.7. The summed E-state index contributed by atoms with van der Waals surface area (Å²) in [5, 5.41) is 65.1. The molecule has 0 amide bonds. The number of rotatable bonds is 6. The maximum Gasteiger partial charge on any atom is 0.308 e. The van der Waals surface area contributed by atoms with Gasteiger partial charge in [0.1, 0.15) is 36.6 Å². The van der Waals surface area contributed by atoms with Gasteiger partial charge >= 0.3 is 5.97 Å². The lowest BCUT2D eigenvalue weighted by Crippen LogP contribution is -2.63. The van der Waals surface area contributed by atoms with Crippen molar-refractivity contribution in [2.24, 2.45) is 11.5 Å². The Morgan fingerprint density at radius 2 is 1.35 bits per heavy atom. The zero-order chi connectivity index (χ0) is 54.4. The molecule has 15 rings (SSSR count). The first kappa shape index (κ1) is 55.0. The molecular formula is C56H82N2O21. The van der Waals surface area contributed by atoms with Crippen LogP contribution >= 0.6 is 0 Å². The summed E-state index contributed by atoms with van der Waals surface area (Å²) in [6.07, 6.45) is -7.98. The summed E-state index contributed by atoms with van der Waals surface area (Å²) < 4.78 is 93.0. The van der Waals surface area contributed by atoms with Crippen LogP contribution in [-0.4, -0.2) is 231 Å². The fraction of sp³-hybridized carbons (Fsp3) is 0.911. The van der Waals surface area contributed by atoms with Gasteiger partial charge in [0.05, 0.1) is 129 Å². The Morgan fingerprint density at radius 1 is 0.620 bits per heavy atom. The van der Waals surface area contributed by atoms with E-state index < -0.39 is 158 Å². The molecule has 23 nitrogen and oxygen atoms in total. The molecule has 0 aliphatic carbocycles. The van der Waals surface area contributed by atoms with Gasteiger partial charge in [0, 0.05) is 76.3 Å². The van der Waals surface area contributed by atoms with Gasteiger partial charge in [-0.25, -0.2) is 0 Å². The fourth-order valence-corrected chi connectivity index (χ4v) is 16.5. The van der Waals surface area contributed by atoms with Crippen molar-refractivity contribution in [3.8, 4) is 0 Å². The van der Waals surface area contributed by atoms with E-state index in [9.17, 15) is 35.4 Å². The zero-order valence-electron chi connectivity index (χ0n) is 44.7.